The van der Waals surface area contributed by atoms with E-state index in [0.29, 0.717) is 5.71 Å². The van der Waals surface area contributed by atoms with Crippen molar-refractivity contribution in [3.63, 3.8) is 0 Å². The number of rotatable bonds is 2. The number of aryl methyl sites for hydroxylation is 1. The maximum Gasteiger partial charge on any atom is 0.217 e. The van der Waals surface area contributed by atoms with Crippen LogP contribution in [0.5, 0.6) is 0 Å². The Kier molecular flexibility index (Phi) is 9.65. The van der Waals surface area contributed by atoms with E-state index in [-0.39, 0.29) is 39.1 Å². The fourth-order valence-electron chi connectivity index (χ4n) is 2.04. The van der Waals surface area contributed by atoms with Gasteiger partial charge in [0.2, 0.25) is 5.71 Å². The molecule has 4 nitrogen and oxygen atoms in total. The molecule has 0 aliphatic heterocycles. The topological polar surface area (TPSA) is 63.3 Å². The number of hydrogen-bond acceptors (Lipinski definition) is 4. The zero-order chi connectivity index (χ0) is 16.8. The van der Waals surface area contributed by atoms with Gasteiger partial charge in [0.1, 0.15) is 5.76 Å². The number of aliphatic hydroxyl groups excluding tert-OH is 1. The fourth-order valence-corrected chi connectivity index (χ4v) is 2.04. The van der Waals surface area contributed by atoms with E-state index in [2.05, 4.69) is 11.1 Å². The Labute approximate surface area is 161 Å². The standard InChI is InChI=1S/C14H10NO.C5H8O2.CH4.Ir/c1-10-9-12-7-8-13(15-14(12)16-10)11-5-3-2-4-6-11;1-4(6)3-5(2)7;;/h2-5,7-9H,1H3;3,6H,1-2H3;1H4;/q-1;;;. The van der Waals surface area contributed by atoms with Gasteiger partial charge in [-0.25, -0.2) is 0 Å². The maximum absolute atomic E-state index is 10.0. The Bertz CT molecular complexity index is 835. The Morgan fingerprint density at radius 2 is 1.96 bits per heavy atom. The van der Waals surface area contributed by atoms with Crippen LogP contribution >= 0.6 is 0 Å². The molecule has 5 heteroatoms. The molecule has 3 rings (SSSR count). The molecule has 2 aromatic heterocycles. The molecule has 25 heavy (non-hydrogen) atoms. The number of fused-ring (bicyclic) bond motifs is 1. The number of aliphatic hydroxyl groups is 1. The third-order valence-electron chi connectivity index (χ3n) is 2.90. The van der Waals surface area contributed by atoms with Crippen LogP contribution in [0.2, 0.25) is 0 Å². The van der Waals surface area contributed by atoms with Crippen LogP contribution < -0.4 is 0 Å². The number of ketones is 1. The average Bonchev–Trinajstić information content (AvgIpc) is 2.86. The first kappa shape index (κ1) is 22.8. The number of pyridine rings is 1. The predicted molar refractivity (Wildman–Crippen MR) is 96.8 cm³/mol. The van der Waals surface area contributed by atoms with Gasteiger partial charge in [-0.3, -0.25) is 9.78 Å². The summed E-state index contributed by atoms with van der Waals surface area (Å²) in [6, 6.07) is 16.9. The van der Waals surface area contributed by atoms with Crippen molar-refractivity contribution in [3.05, 3.63) is 66.1 Å². The molecule has 1 radical (unpaired) electrons. The first-order chi connectivity index (χ1) is 11.0. The first-order valence-corrected chi connectivity index (χ1v) is 7.18. The molecule has 0 saturated heterocycles. The molecule has 1 N–H and O–H groups in total. The van der Waals surface area contributed by atoms with Crippen molar-refractivity contribution in [2.75, 3.05) is 0 Å². The van der Waals surface area contributed by atoms with Gasteiger partial charge in [-0.05, 0) is 32.5 Å². The minimum absolute atomic E-state index is 0. The summed E-state index contributed by atoms with van der Waals surface area (Å²) in [5, 5.41) is 9.40. The van der Waals surface area contributed by atoms with Gasteiger partial charge < -0.3 is 9.52 Å². The molecule has 1 aromatic carbocycles. The predicted octanol–water partition coefficient (Wildman–Crippen LogP) is 5.27. The van der Waals surface area contributed by atoms with Crippen molar-refractivity contribution in [1.82, 2.24) is 4.98 Å². The third kappa shape index (κ3) is 7.04. The molecule has 0 aliphatic carbocycles. The van der Waals surface area contributed by atoms with Gasteiger partial charge in [0.25, 0.3) is 0 Å². The van der Waals surface area contributed by atoms with Crippen LogP contribution in [0.3, 0.4) is 0 Å². The minimum atomic E-state index is -0.125. The monoisotopic (exact) mass is 517 g/mol. The van der Waals surface area contributed by atoms with Crippen molar-refractivity contribution < 1.29 is 34.4 Å². The van der Waals surface area contributed by atoms with Gasteiger partial charge in [0, 0.05) is 31.6 Å². The quantitative estimate of drug-likeness (QED) is 0.286. The molecule has 0 spiro atoms. The van der Waals surface area contributed by atoms with E-state index >= 15 is 0 Å². The fraction of sp³-hybridized carbons (Fsp3) is 0.200. The van der Waals surface area contributed by atoms with Gasteiger partial charge >= 0.3 is 0 Å². The zero-order valence-electron chi connectivity index (χ0n) is 13.7. The van der Waals surface area contributed by atoms with Crippen LogP contribution in [-0.2, 0) is 24.9 Å². The summed E-state index contributed by atoms with van der Waals surface area (Å²) in [5.41, 5.74) is 2.56. The van der Waals surface area contributed by atoms with Crippen molar-refractivity contribution >= 4 is 16.9 Å². The Balaban J connectivity index is 0.000000560. The summed E-state index contributed by atoms with van der Waals surface area (Å²) in [6.45, 7) is 4.77. The smallest absolute Gasteiger partial charge is 0.217 e. The van der Waals surface area contributed by atoms with Crippen molar-refractivity contribution in [2.24, 2.45) is 0 Å². The van der Waals surface area contributed by atoms with E-state index in [1.54, 1.807) is 0 Å². The van der Waals surface area contributed by atoms with Crippen LogP contribution in [0.15, 0.2) is 58.7 Å². The molecule has 2 heterocycles. The second kappa shape index (κ2) is 10.6. The average molecular weight is 517 g/mol. The molecule has 0 aliphatic rings. The SMILES string of the molecule is C.CC(=O)C=C(C)O.Cc1cc2ccc(-c3[c-]cccc3)nc2o1.[Ir]. The number of nitrogens with zero attached hydrogens (tertiary/aromatic N) is 1. The largest absolute Gasteiger partial charge is 0.512 e. The summed E-state index contributed by atoms with van der Waals surface area (Å²) in [6.07, 6.45) is 1.17. The third-order valence-corrected chi connectivity index (χ3v) is 2.90. The molecule has 135 valence electrons. The van der Waals surface area contributed by atoms with Crippen LogP contribution in [0.25, 0.3) is 22.4 Å². The van der Waals surface area contributed by atoms with Gasteiger partial charge in [-0.15, -0.1) is 35.9 Å². The number of carbonyl (C=O) groups is 1. The number of benzene rings is 1. The number of furan rings is 1. The number of hydrogen-bond donors (Lipinski definition) is 1. The van der Waals surface area contributed by atoms with Gasteiger partial charge in [0.05, 0.1) is 5.76 Å². The van der Waals surface area contributed by atoms with Crippen LogP contribution in [0, 0.1) is 13.0 Å². The minimum Gasteiger partial charge on any atom is -0.512 e. The second-order valence-corrected chi connectivity index (χ2v) is 5.12. The Morgan fingerprint density at radius 3 is 2.48 bits per heavy atom. The van der Waals surface area contributed by atoms with E-state index < -0.39 is 0 Å². The maximum atomic E-state index is 10.0. The summed E-state index contributed by atoms with van der Waals surface area (Å²) < 4.78 is 5.51. The first-order valence-electron chi connectivity index (χ1n) is 7.18. The van der Waals surface area contributed by atoms with Gasteiger partial charge in [0.15, 0.2) is 5.78 Å². The second-order valence-electron chi connectivity index (χ2n) is 5.12. The summed E-state index contributed by atoms with van der Waals surface area (Å²) in [4.78, 5) is 14.5. The summed E-state index contributed by atoms with van der Waals surface area (Å²) >= 11 is 0. The van der Waals surface area contributed by atoms with E-state index in [4.69, 9.17) is 9.52 Å². The summed E-state index contributed by atoms with van der Waals surface area (Å²) in [5.74, 6) is 0.823. The number of allylic oxidation sites excluding steroid dienone is 2. The van der Waals surface area contributed by atoms with Gasteiger partial charge in [-0.2, -0.15) is 0 Å². The van der Waals surface area contributed by atoms with Gasteiger partial charge in [-0.1, -0.05) is 19.6 Å². The molecule has 0 saturated carbocycles. The molecule has 0 unspecified atom stereocenters. The Hall–Kier alpha value is -2.23. The molecule has 0 amide bonds. The molecule has 0 fully saturated rings. The number of carbonyl (C=O) groups excluding carboxylic acids is 1. The summed E-state index contributed by atoms with van der Waals surface area (Å²) in [7, 11) is 0. The molecule has 0 bridgehead atoms. The molecular formula is C20H22IrNO3-. The van der Waals surface area contributed by atoms with Crippen LogP contribution in [0.1, 0.15) is 27.0 Å². The zero-order valence-corrected chi connectivity index (χ0v) is 16.1. The molecular weight excluding hydrogens is 494 g/mol. The van der Waals surface area contributed by atoms with Crippen molar-refractivity contribution in [3.8, 4) is 11.3 Å². The van der Waals surface area contributed by atoms with E-state index in [0.717, 1.165) is 22.4 Å². The molecule has 0 atom stereocenters. The van der Waals surface area contributed by atoms with Crippen molar-refractivity contribution in [1.29, 1.82) is 0 Å². The van der Waals surface area contributed by atoms with E-state index in [1.165, 1.54) is 19.9 Å². The van der Waals surface area contributed by atoms with Crippen molar-refractivity contribution in [2.45, 2.75) is 28.2 Å². The Morgan fingerprint density at radius 1 is 1.24 bits per heavy atom. The number of aromatic nitrogens is 1. The normalized spacial score (nSPS) is 10.1. The van der Waals surface area contributed by atoms with Crippen LogP contribution in [0.4, 0.5) is 0 Å². The molecule has 3 aromatic rings. The van der Waals surface area contributed by atoms with E-state index in [9.17, 15) is 4.79 Å². The van der Waals surface area contributed by atoms with Crippen LogP contribution in [-0.4, -0.2) is 15.9 Å². The van der Waals surface area contributed by atoms with E-state index in [1.807, 2.05) is 49.4 Å².